The first-order valence-corrected chi connectivity index (χ1v) is 12.4. The summed E-state index contributed by atoms with van der Waals surface area (Å²) in [6.45, 7) is 6.24. The van der Waals surface area contributed by atoms with Crippen LogP contribution >= 0.6 is 0 Å². The third kappa shape index (κ3) is 6.09. The van der Waals surface area contributed by atoms with E-state index in [2.05, 4.69) is 4.74 Å². The molecule has 2 aromatic carbocycles. The van der Waals surface area contributed by atoms with Gasteiger partial charge in [-0.1, -0.05) is 29.8 Å². The van der Waals surface area contributed by atoms with Crippen LogP contribution in [-0.4, -0.2) is 50.0 Å². The van der Waals surface area contributed by atoms with Crippen LogP contribution in [0.25, 0.3) is 0 Å². The van der Waals surface area contributed by atoms with Gasteiger partial charge in [-0.3, -0.25) is 4.79 Å². The Labute approximate surface area is 198 Å². The number of rotatable bonds is 6. The number of hydrogen-bond acceptors (Lipinski definition) is 4. The van der Waals surface area contributed by atoms with Crippen molar-refractivity contribution in [3.05, 3.63) is 58.7 Å². The summed E-state index contributed by atoms with van der Waals surface area (Å²) in [7, 11) is -2.03. The van der Waals surface area contributed by atoms with Gasteiger partial charge in [-0.05, 0) is 62.4 Å². The zero-order chi connectivity index (χ0) is 25.3. The van der Waals surface area contributed by atoms with Crippen LogP contribution in [0, 0.1) is 26.7 Å². The number of aryl methyl sites for hydroxylation is 3. The molecule has 0 radical (unpaired) electrons. The number of sulfonamides is 1. The number of carbonyl (C=O) groups is 1. The fourth-order valence-corrected chi connectivity index (χ4v) is 6.39. The summed E-state index contributed by atoms with van der Waals surface area (Å²) in [6.07, 6.45) is -3.94. The minimum atomic E-state index is -4.76. The van der Waals surface area contributed by atoms with Crippen LogP contribution in [0.3, 0.4) is 0 Å². The van der Waals surface area contributed by atoms with Crippen LogP contribution in [0.15, 0.2) is 41.3 Å². The summed E-state index contributed by atoms with van der Waals surface area (Å²) in [4.78, 5) is 14.8. The van der Waals surface area contributed by atoms with Crippen molar-refractivity contribution < 1.29 is 31.1 Å². The molecule has 0 atom stereocenters. The third-order valence-corrected chi connectivity index (χ3v) is 8.16. The van der Waals surface area contributed by atoms with Gasteiger partial charge in [0, 0.05) is 32.6 Å². The topological polar surface area (TPSA) is 66.9 Å². The molecule has 0 aliphatic carbocycles. The highest BCUT2D eigenvalue weighted by molar-refractivity contribution is 7.89. The summed E-state index contributed by atoms with van der Waals surface area (Å²) < 4.78 is 68.7. The number of hydrogen-bond donors (Lipinski definition) is 0. The van der Waals surface area contributed by atoms with Crippen LogP contribution in [0.1, 0.15) is 35.1 Å². The molecule has 1 fully saturated rings. The van der Waals surface area contributed by atoms with E-state index in [0.29, 0.717) is 34.4 Å². The second-order valence-electron chi connectivity index (χ2n) is 8.79. The van der Waals surface area contributed by atoms with Crippen molar-refractivity contribution in [1.29, 1.82) is 0 Å². The van der Waals surface area contributed by atoms with Crippen molar-refractivity contribution in [2.45, 2.75) is 51.4 Å². The smallest absolute Gasteiger partial charge is 0.406 e. The number of amides is 1. The molecule has 0 bridgehead atoms. The number of ether oxygens (including phenoxy) is 1. The summed E-state index contributed by atoms with van der Waals surface area (Å²) in [6, 6.07) is 9.08. The normalized spacial score (nSPS) is 15.9. The summed E-state index contributed by atoms with van der Waals surface area (Å²) in [5.74, 6) is -0.752. The molecule has 1 saturated heterocycles. The van der Waals surface area contributed by atoms with E-state index in [9.17, 15) is 26.4 Å². The highest BCUT2D eigenvalue weighted by atomic mass is 32.2. The lowest BCUT2D eigenvalue weighted by Crippen LogP contribution is -2.43. The summed E-state index contributed by atoms with van der Waals surface area (Å²) in [5, 5.41) is 0. The second kappa shape index (κ2) is 9.95. The Morgan fingerprint density at radius 1 is 1.06 bits per heavy atom. The van der Waals surface area contributed by atoms with E-state index in [1.54, 1.807) is 20.9 Å². The lowest BCUT2D eigenvalue weighted by atomic mass is 9.96. The van der Waals surface area contributed by atoms with E-state index in [1.807, 2.05) is 19.1 Å². The fourth-order valence-electron chi connectivity index (χ4n) is 4.51. The zero-order valence-corrected chi connectivity index (χ0v) is 20.5. The lowest BCUT2D eigenvalue weighted by Gasteiger charge is -2.33. The van der Waals surface area contributed by atoms with E-state index in [1.165, 1.54) is 33.5 Å². The Morgan fingerprint density at radius 2 is 1.59 bits per heavy atom. The highest BCUT2D eigenvalue weighted by Gasteiger charge is 2.35. The third-order valence-electron chi connectivity index (χ3n) is 5.96. The van der Waals surface area contributed by atoms with Gasteiger partial charge < -0.3 is 9.64 Å². The van der Waals surface area contributed by atoms with Crippen molar-refractivity contribution in [2.24, 2.45) is 5.92 Å². The lowest BCUT2D eigenvalue weighted by molar-refractivity contribution is -0.274. The molecule has 0 unspecified atom stereocenters. The van der Waals surface area contributed by atoms with E-state index in [0.717, 1.165) is 5.56 Å². The number of nitrogens with zero attached hydrogens (tertiary/aromatic N) is 2. The van der Waals surface area contributed by atoms with E-state index in [-0.39, 0.29) is 37.2 Å². The maximum Gasteiger partial charge on any atom is 0.573 e. The molecule has 0 spiro atoms. The Morgan fingerprint density at radius 3 is 2.09 bits per heavy atom. The number of halogens is 3. The molecule has 34 heavy (non-hydrogen) atoms. The van der Waals surface area contributed by atoms with Gasteiger partial charge >= 0.3 is 6.36 Å². The summed E-state index contributed by atoms with van der Waals surface area (Å²) in [5.41, 5.74) is 3.09. The molecule has 0 saturated carbocycles. The number of alkyl halides is 3. The molecule has 186 valence electrons. The van der Waals surface area contributed by atoms with Gasteiger partial charge in [0.25, 0.3) is 0 Å². The number of carbonyl (C=O) groups excluding carboxylic acids is 1. The summed E-state index contributed by atoms with van der Waals surface area (Å²) >= 11 is 0. The number of piperidine rings is 1. The van der Waals surface area contributed by atoms with Crippen molar-refractivity contribution in [3.8, 4) is 5.75 Å². The average Bonchev–Trinajstić information content (AvgIpc) is 2.72. The molecule has 10 heteroatoms. The molecule has 1 amide bonds. The van der Waals surface area contributed by atoms with E-state index in [4.69, 9.17) is 0 Å². The molecule has 2 aromatic rings. The standard InChI is InChI=1S/C24H29F3N2O4S/c1-16-13-17(2)22(18(3)14-16)34(31,32)29-11-9-20(10-12-29)23(30)28(4)15-19-5-7-21(8-6-19)33-24(25,26)27/h5-8,13-14,20H,9-12,15H2,1-4H3. The van der Waals surface area contributed by atoms with Gasteiger partial charge in [0.1, 0.15) is 5.75 Å². The largest absolute Gasteiger partial charge is 0.573 e. The van der Waals surface area contributed by atoms with Crippen LogP contribution in [0.2, 0.25) is 0 Å². The molecule has 0 aromatic heterocycles. The first kappa shape index (κ1) is 26.0. The van der Waals surface area contributed by atoms with Crippen LogP contribution in [0.4, 0.5) is 13.2 Å². The minimum absolute atomic E-state index is 0.115. The maximum absolute atomic E-state index is 13.3. The molecule has 0 N–H and O–H groups in total. The predicted octanol–water partition coefficient (Wildman–Crippen LogP) is 4.57. The van der Waals surface area contributed by atoms with Gasteiger partial charge in [0.05, 0.1) is 4.90 Å². The number of benzene rings is 2. The Kier molecular flexibility index (Phi) is 7.62. The van der Waals surface area contributed by atoms with Gasteiger partial charge in [-0.15, -0.1) is 13.2 Å². The first-order chi connectivity index (χ1) is 15.8. The van der Waals surface area contributed by atoms with E-state index >= 15 is 0 Å². The Hall–Kier alpha value is -2.59. The minimum Gasteiger partial charge on any atom is -0.406 e. The molecule has 1 aliphatic heterocycles. The monoisotopic (exact) mass is 498 g/mol. The van der Waals surface area contributed by atoms with Gasteiger partial charge in [-0.2, -0.15) is 4.31 Å². The first-order valence-electron chi connectivity index (χ1n) is 11.0. The quantitative estimate of drug-likeness (QED) is 0.585. The predicted molar refractivity (Wildman–Crippen MR) is 122 cm³/mol. The van der Waals surface area contributed by atoms with Gasteiger partial charge in [0.15, 0.2) is 0 Å². The van der Waals surface area contributed by atoms with Crippen molar-refractivity contribution >= 4 is 15.9 Å². The van der Waals surface area contributed by atoms with Crippen LogP contribution in [0.5, 0.6) is 5.75 Å². The van der Waals surface area contributed by atoms with Gasteiger partial charge in [-0.25, -0.2) is 8.42 Å². The fraction of sp³-hybridized carbons (Fsp3) is 0.458. The average molecular weight is 499 g/mol. The Bertz CT molecular complexity index is 1120. The molecule has 1 aliphatic rings. The van der Waals surface area contributed by atoms with Crippen molar-refractivity contribution in [3.63, 3.8) is 0 Å². The molecular formula is C24H29F3N2O4S. The van der Waals surface area contributed by atoms with Gasteiger partial charge in [0.2, 0.25) is 15.9 Å². The second-order valence-corrected chi connectivity index (χ2v) is 10.7. The highest BCUT2D eigenvalue weighted by Crippen LogP contribution is 2.30. The van der Waals surface area contributed by atoms with Crippen molar-refractivity contribution in [2.75, 3.05) is 20.1 Å². The molecule has 1 heterocycles. The molecule has 6 nitrogen and oxygen atoms in total. The maximum atomic E-state index is 13.3. The molecular weight excluding hydrogens is 469 g/mol. The van der Waals surface area contributed by atoms with Crippen LogP contribution < -0.4 is 4.74 Å². The van der Waals surface area contributed by atoms with Crippen LogP contribution in [-0.2, 0) is 21.4 Å². The SMILES string of the molecule is Cc1cc(C)c(S(=O)(=O)N2CCC(C(=O)N(C)Cc3ccc(OC(F)(F)F)cc3)CC2)c(C)c1. The van der Waals surface area contributed by atoms with Crippen molar-refractivity contribution in [1.82, 2.24) is 9.21 Å². The Balaban J connectivity index is 1.60. The zero-order valence-electron chi connectivity index (χ0n) is 19.6. The molecule has 3 rings (SSSR count). The van der Waals surface area contributed by atoms with E-state index < -0.39 is 16.4 Å².